The third kappa shape index (κ3) is 5.51. The molecule has 0 atom stereocenters. The van der Waals surface area contributed by atoms with Crippen LogP contribution in [0.4, 0.5) is 0 Å². The first-order valence-corrected chi connectivity index (χ1v) is 12.9. The number of carbonyl (C=O) groups is 1. The molecule has 1 amide bonds. The number of benzene rings is 2. The van der Waals surface area contributed by atoms with Gasteiger partial charge in [-0.15, -0.1) is 0 Å². The SMILES string of the molecule is Cc1ccc(C)c(S(=O)(=O)N2CCN(C(=O)CCc3ccc(S(N)(=O)=O)cc3)CC2)c1. The standard InChI is InChI=1S/C21H27N3O5S2/c1-16-3-4-17(2)20(15-16)31(28,29)24-13-11-23(12-14-24)21(25)10-7-18-5-8-19(9-6-18)30(22,26)27/h3-6,8-9,15H,7,10-14H2,1-2H3,(H2,22,26,27). The van der Waals surface area contributed by atoms with E-state index in [0.717, 1.165) is 11.1 Å². The minimum Gasteiger partial charge on any atom is -0.340 e. The molecule has 31 heavy (non-hydrogen) atoms. The summed E-state index contributed by atoms with van der Waals surface area (Å²) in [5.41, 5.74) is 2.42. The molecule has 2 aromatic rings. The second-order valence-electron chi connectivity index (χ2n) is 7.74. The van der Waals surface area contributed by atoms with Crippen molar-refractivity contribution >= 4 is 26.0 Å². The van der Waals surface area contributed by atoms with Gasteiger partial charge in [-0.05, 0) is 55.2 Å². The molecule has 8 nitrogen and oxygen atoms in total. The van der Waals surface area contributed by atoms with Crippen LogP contribution in [-0.2, 0) is 31.3 Å². The lowest BCUT2D eigenvalue weighted by molar-refractivity contribution is -0.132. The van der Waals surface area contributed by atoms with Crippen LogP contribution < -0.4 is 5.14 Å². The molecule has 1 aliphatic heterocycles. The van der Waals surface area contributed by atoms with Crippen LogP contribution in [0, 0.1) is 13.8 Å². The highest BCUT2D eigenvalue weighted by Gasteiger charge is 2.31. The van der Waals surface area contributed by atoms with Crippen molar-refractivity contribution in [3.05, 3.63) is 59.2 Å². The summed E-state index contributed by atoms with van der Waals surface area (Å²) >= 11 is 0. The number of primary sulfonamides is 1. The fourth-order valence-electron chi connectivity index (χ4n) is 3.56. The largest absolute Gasteiger partial charge is 0.340 e. The zero-order valence-corrected chi connectivity index (χ0v) is 19.2. The van der Waals surface area contributed by atoms with Crippen LogP contribution in [0.15, 0.2) is 52.3 Å². The molecule has 1 fully saturated rings. The molecule has 2 aromatic carbocycles. The Bertz CT molecular complexity index is 1170. The van der Waals surface area contributed by atoms with E-state index in [4.69, 9.17) is 5.14 Å². The normalized spacial score (nSPS) is 15.8. The van der Waals surface area contributed by atoms with Gasteiger partial charge in [-0.25, -0.2) is 22.0 Å². The molecule has 1 saturated heterocycles. The van der Waals surface area contributed by atoms with Gasteiger partial charge in [0.1, 0.15) is 0 Å². The Morgan fingerprint density at radius 3 is 2.13 bits per heavy atom. The lowest BCUT2D eigenvalue weighted by Crippen LogP contribution is -2.50. The van der Waals surface area contributed by atoms with Gasteiger partial charge in [0.2, 0.25) is 26.0 Å². The molecule has 3 rings (SSSR count). The summed E-state index contributed by atoms with van der Waals surface area (Å²) in [5, 5.41) is 5.09. The zero-order chi connectivity index (χ0) is 22.8. The summed E-state index contributed by atoms with van der Waals surface area (Å²) in [6, 6.07) is 11.5. The van der Waals surface area contributed by atoms with Gasteiger partial charge in [-0.1, -0.05) is 24.3 Å². The summed E-state index contributed by atoms with van der Waals surface area (Å²) in [7, 11) is -7.34. The molecule has 0 radical (unpaired) electrons. The van der Waals surface area contributed by atoms with Crippen molar-refractivity contribution in [2.45, 2.75) is 36.5 Å². The quantitative estimate of drug-likeness (QED) is 0.692. The molecule has 2 N–H and O–H groups in total. The predicted octanol–water partition coefficient (Wildman–Crippen LogP) is 1.42. The van der Waals surface area contributed by atoms with Gasteiger partial charge in [0.05, 0.1) is 9.79 Å². The van der Waals surface area contributed by atoms with Crippen LogP contribution in [0.3, 0.4) is 0 Å². The Balaban J connectivity index is 1.57. The number of rotatable bonds is 6. The summed E-state index contributed by atoms with van der Waals surface area (Å²) < 4.78 is 50.1. The first-order chi connectivity index (χ1) is 14.5. The highest BCUT2D eigenvalue weighted by atomic mass is 32.2. The van der Waals surface area contributed by atoms with Gasteiger partial charge in [0.15, 0.2) is 0 Å². The number of carbonyl (C=O) groups excluding carboxylic acids is 1. The molecule has 168 valence electrons. The monoisotopic (exact) mass is 465 g/mol. The van der Waals surface area contributed by atoms with Crippen LogP contribution in [-0.4, -0.2) is 58.1 Å². The highest BCUT2D eigenvalue weighted by Crippen LogP contribution is 2.22. The molecule has 1 heterocycles. The van der Waals surface area contributed by atoms with Crippen LogP contribution in [0.1, 0.15) is 23.1 Å². The van der Waals surface area contributed by atoms with Gasteiger partial charge in [-0.2, -0.15) is 4.31 Å². The molecule has 0 aliphatic carbocycles. The molecule has 10 heteroatoms. The number of sulfonamides is 2. The van der Waals surface area contributed by atoms with E-state index >= 15 is 0 Å². The second kappa shape index (κ2) is 9.07. The molecule has 0 bridgehead atoms. The Morgan fingerprint density at radius 1 is 0.935 bits per heavy atom. The van der Waals surface area contributed by atoms with Gasteiger partial charge >= 0.3 is 0 Å². The topological polar surface area (TPSA) is 118 Å². The van der Waals surface area contributed by atoms with E-state index in [1.807, 2.05) is 13.0 Å². The van der Waals surface area contributed by atoms with E-state index in [1.165, 1.54) is 16.4 Å². The van der Waals surface area contributed by atoms with Crippen LogP contribution in [0.5, 0.6) is 0 Å². The van der Waals surface area contributed by atoms with Gasteiger partial charge in [-0.3, -0.25) is 4.79 Å². The van der Waals surface area contributed by atoms with Crippen LogP contribution in [0.25, 0.3) is 0 Å². The van der Waals surface area contributed by atoms with Gasteiger partial charge in [0.25, 0.3) is 0 Å². The Kier molecular flexibility index (Phi) is 6.85. The maximum Gasteiger partial charge on any atom is 0.243 e. The molecular formula is C21H27N3O5S2. The Hall–Kier alpha value is -2.27. The van der Waals surface area contributed by atoms with Gasteiger partial charge in [0, 0.05) is 32.6 Å². The summed E-state index contributed by atoms with van der Waals surface area (Å²) in [5.74, 6) is -0.0562. The van der Waals surface area contributed by atoms with Crippen molar-refractivity contribution < 1.29 is 21.6 Å². The van der Waals surface area contributed by atoms with E-state index in [1.54, 1.807) is 36.1 Å². The fourth-order valence-corrected chi connectivity index (χ4v) is 5.80. The number of piperazine rings is 1. The Labute approximate surface area is 183 Å². The van der Waals surface area contributed by atoms with Crippen molar-refractivity contribution in [3.8, 4) is 0 Å². The van der Waals surface area contributed by atoms with E-state index in [9.17, 15) is 21.6 Å². The lowest BCUT2D eigenvalue weighted by atomic mass is 10.1. The summed E-state index contributed by atoms with van der Waals surface area (Å²) in [4.78, 5) is 14.6. The molecule has 0 unspecified atom stereocenters. The zero-order valence-electron chi connectivity index (χ0n) is 17.6. The Morgan fingerprint density at radius 2 is 1.55 bits per heavy atom. The molecule has 0 saturated carbocycles. The van der Waals surface area contributed by atoms with Crippen molar-refractivity contribution in [1.29, 1.82) is 0 Å². The first-order valence-electron chi connectivity index (χ1n) is 9.95. The second-order valence-corrected chi connectivity index (χ2v) is 11.2. The molecular weight excluding hydrogens is 438 g/mol. The number of hydrogen-bond acceptors (Lipinski definition) is 5. The van der Waals surface area contributed by atoms with Gasteiger partial charge < -0.3 is 4.90 Å². The number of aryl methyl sites for hydroxylation is 3. The third-order valence-electron chi connectivity index (χ3n) is 5.43. The molecule has 0 aromatic heterocycles. The minimum absolute atomic E-state index is 0.0313. The third-order valence-corrected chi connectivity index (χ3v) is 8.40. The number of amides is 1. The van der Waals surface area contributed by atoms with Crippen LogP contribution >= 0.6 is 0 Å². The molecule has 1 aliphatic rings. The van der Waals surface area contributed by atoms with Crippen LogP contribution in [0.2, 0.25) is 0 Å². The summed E-state index contributed by atoms with van der Waals surface area (Å²) in [6.07, 6.45) is 0.725. The van der Waals surface area contributed by atoms with Crippen molar-refractivity contribution in [1.82, 2.24) is 9.21 Å². The van der Waals surface area contributed by atoms with E-state index in [-0.39, 0.29) is 30.3 Å². The smallest absolute Gasteiger partial charge is 0.243 e. The summed E-state index contributed by atoms with van der Waals surface area (Å²) in [6.45, 7) is 4.83. The average molecular weight is 466 g/mol. The number of hydrogen-bond donors (Lipinski definition) is 1. The molecule has 0 spiro atoms. The number of nitrogens with zero attached hydrogens (tertiary/aromatic N) is 2. The lowest BCUT2D eigenvalue weighted by Gasteiger charge is -2.34. The minimum atomic E-state index is -3.74. The van der Waals surface area contributed by atoms with E-state index in [0.29, 0.717) is 30.0 Å². The van der Waals surface area contributed by atoms with Crippen molar-refractivity contribution in [2.75, 3.05) is 26.2 Å². The maximum atomic E-state index is 13.0. The van der Waals surface area contributed by atoms with E-state index in [2.05, 4.69) is 0 Å². The predicted molar refractivity (Wildman–Crippen MR) is 117 cm³/mol. The highest BCUT2D eigenvalue weighted by molar-refractivity contribution is 7.89. The first kappa shape index (κ1) is 23.4. The van der Waals surface area contributed by atoms with E-state index < -0.39 is 20.0 Å². The maximum absolute atomic E-state index is 13.0. The fraction of sp³-hybridized carbons (Fsp3) is 0.381. The number of nitrogens with two attached hydrogens (primary N) is 1. The average Bonchev–Trinajstić information content (AvgIpc) is 2.73. The van der Waals surface area contributed by atoms with Crippen molar-refractivity contribution in [3.63, 3.8) is 0 Å². The van der Waals surface area contributed by atoms with Crippen molar-refractivity contribution in [2.24, 2.45) is 5.14 Å².